The van der Waals surface area contributed by atoms with E-state index >= 15 is 0 Å². The number of carbonyl (C=O) groups is 1. The molecule has 0 amide bonds. The molecule has 0 saturated carbocycles. The Balaban J connectivity index is 1.67. The maximum Gasteiger partial charge on any atom is 0.335 e. The molecule has 0 spiro atoms. The van der Waals surface area contributed by atoms with Crippen molar-refractivity contribution in [1.82, 2.24) is 0 Å². The van der Waals surface area contributed by atoms with Crippen molar-refractivity contribution in [2.24, 2.45) is 0 Å². The predicted octanol–water partition coefficient (Wildman–Crippen LogP) is 6.24. The molecule has 0 fully saturated rings. The standard InChI is InChI=1S/C26H21FO5/c1-3-26(28)32-17-16-31-23-12-13-24(25(27)18-23)21-6-4-19(5-7-21)20-8-10-22(11-9-20)30-15-14-29-2/h3-18H,1H2,2H3/b15-14-,17-16-. The van der Waals surface area contributed by atoms with Crippen LogP contribution in [0.2, 0.25) is 0 Å². The van der Waals surface area contributed by atoms with Gasteiger partial charge in [0, 0.05) is 17.7 Å². The fourth-order valence-corrected chi connectivity index (χ4v) is 2.78. The highest BCUT2D eigenvalue weighted by atomic mass is 19.1. The van der Waals surface area contributed by atoms with E-state index in [0.29, 0.717) is 11.3 Å². The Kier molecular flexibility index (Phi) is 7.81. The summed E-state index contributed by atoms with van der Waals surface area (Å²) < 4.78 is 34.7. The van der Waals surface area contributed by atoms with Crippen LogP contribution in [0, 0.1) is 5.82 Å². The molecule has 0 unspecified atom stereocenters. The molecule has 0 aliphatic carbocycles. The Morgan fingerprint density at radius 1 is 0.781 bits per heavy atom. The zero-order chi connectivity index (χ0) is 22.8. The van der Waals surface area contributed by atoms with Gasteiger partial charge in [0.2, 0.25) is 0 Å². The third-order valence-corrected chi connectivity index (χ3v) is 4.33. The first-order chi connectivity index (χ1) is 15.6. The van der Waals surface area contributed by atoms with Crippen molar-refractivity contribution < 1.29 is 28.1 Å². The molecule has 0 saturated heterocycles. The first kappa shape index (κ1) is 22.4. The Labute approximate surface area is 185 Å². The Morgan fingerprint density at radius 3 is 1.97 bits per heavy atom. The largest absolute Gasteiger partial charge is 0.501 e. The minimum atomic E-state index is -0.613. The molecule has 5 nitrogen and oxygen atoms in total. The first-order valence-corrected chi connectivity index (χ1v) is 9.60. The smallest absolute Gasteiger partial charge is 0.335 e. The highest BCUT2D eigenvalue weighted by Gasteiger charge is 2.08. The maximum atomic E-state index is 14.6. The van der Waals surface area contributed by atoms with Gasteiger partial charge < -0.3 is 18.9 Å². The fraction of sp³-hybridized carbons (Fsp3) is 0.0385. The average Bonchev–Trinajstić information content (AvgIpc) is 2.82. The van der Waals surface area contributed by atoms with Gasteiger partial charge in [-0.1, -0.05) is 43.0 Å². The molecule has 0 heterocycles. The van der Waals surface area contributed by atoms with Gasteiger partial charge in [-0.3, -0.25) is 0 Å². The van der Waals surface area contributed by atoms with Crippen LogP contribution in [0.3, 0.4) is 0 Å². The zero-order valence-corrected chi connectivity index (χ0v) is 17.4. The Bertz CT molecular complexity index is 1120. The van der Waals surface area contributed by atoms with E-state index in [1.807, 2.05) is 48.5 Å². The molecule has 0 atom stereocenters. The molecule has 3 rings (SSSR count). The van der Waals surface area contributed by atoms with Crippen molar-refractivity contribution in [3.8, 4) is 33.8 Å². The second kappa shape index (κ2) is 11.2. The first-order valence-electron chi connectivity index (χ1n) is 9.60. The lowest BCUT2D eigenvalue weighted by atomic mass is 10.00. The lowest BCUT2D eigenvalue weighted by molar-refractivity contribution is -0.132. The van der Waals surface area contributed by atoms with Crippen molar-refractivity contribution in [3.05, 3.63) is 110 Å². The Morgan fingerprint density at radius 2 is 1.34 bits per heavy atom. The van der Waals surface area contributed by atoms with E-state index < -0.39 is 11.8 Å². The van der Waals surface area contributed by atoms with Crippen molar-refractivity contribution >= 4 is 5.97 Å². The molecule has 0 aliphatic heterocycles. The van der Waals surface area contributed by atoms with E-state index in [0.717, 1.165) is 35.3 Å². The predicted molar refractivity (Wildman–Crippen MR) is 120 cm³/mol. The van der Waals surface area contributed by atoms with Crippen LogP contribution in [-0.2, 0) is 14.3 Å². The average molecular weight is 432 g/mol. The van der Waals surface area contributed by atoms with Gasteiger partial charge in [0.05, 0.1) is 7.11 Å². The molecule has 3 aromatic rings. The maximum absolute atomic E-state index is 14.6. The second-order valence-corrected chi connectivity index (χ2v) is 6.40. The van der Waals surface area contributed by atoms with Crippen LogP contribution in [-0.4, -0.2) is 13.1 Å². The van der Waals surface area contributed by atoms with Gasteiger partial charge in [0.1, 0.15) is 42.4 Å². The second-order valence-electron chi connectivity index (χ2n) is 6.40. The summed E-state index contributed by atoms with van der Waals surface area (Å²) in [5.41, 5.74) is 3.18. The molecule has 32 heavy (non-hydrogen) atoms. The summed E-state index contributed by atoms with van der Waals surface area (Å²) in [4.78, 5) is 10.9. The molecule has 0 N–H and O–H groups in total. The minimum Gasteiger partial charge on any atom is -0.501 e. The summed E-state index contributed by atoms with van der Waals surface area (Å²) in [6, 6.07) is 19.7. The van der Waals surface area contributed by atoms with E-state index in [9.17, 15) is 9.18 Å². The van der Waals surface area contributed by atoms with Gasteiger partial charge in [-0.15, -0.1) is 0 Å². The molecule has 0 bridgehead atoms. The Hall–Kier alpha value is -4.32. The highest BCUT2D eigenvalue weighted by molar-refractivity contribution is 5.81. The summed E-state index contributed by atoms with van der Waals surface area (Å²) in [6.07, 6.45) is 6.14. The molecule has 0 aliphatic rings. The van der Waals surface area contributed by atoms with Crippen molar-refractivity contribution in [1.29, 1.82) is 0 Å². The lowest BCUT2D eigenvalue weighted by Gasteiger charge is -2.08. The van der Waals surface area contributed by atoms with Crippen LogP contribution in [0.1, 0.15) is 0 Å². The third kappa shape index (κ3) is 6.09. The van der Waals surface area contributed by atoms with Crippen molar-refractivity contribution in [2.75, 3.05) is 7.11 Å². The van der Waals surface area contributed by atoms with E-state index in [2.05, 4.69) is 11.3 Å². The molecule has 162 valence electrons. The van der Waals surface area contributed by atoms with Crippen LogP contribution < -0.4 is 9.47 Å². The summed E-state index contributed by atoms with van der Waals surface area (Å²) in [5, 5.41) is 0. The number of carbonyl (C=O) groups excluding carboxylic acids is 1. The van der Waals surface area contributed by atoms with Gasteiger partial charge >= 0.3 is 5.97 Å². The van der Waals surface area contributed by atoms with Crippen molar-refractivity contribution in [2.45, 2.75) is 0 Å². The van der Waals surface area contributed by atoms with Crippen LogP contribution in [0.5, 0.6) is 11.5 Å². The number of hydrogen-bond donors (Lipinski definition) is 0. The zero-order valence-electron chi connectivity index (χ0n) is 17.4. The summed E-state index contributed by atoms with van der Waals surface area (Å²) in [5.74, 6) is -0.0797. The number of benzene rings is 3. The lowest BCUT2D eigenvalue weighted by Crippen LogP contribution is -1.93. The summed E-state index contributed by atoms with van der Waals surface area (Å²) in [7, 11) is 1.55. The van der Waals surface area contributed by atoms with E-state index in [-0.39, 0.29) is 5.75 Å². The molecule has 0 aromatic heterocycles. The van der Waals surface area contributed by atoms with Gasteiger partial charge in [-0.25, -0.2) is 9.18 Å². The minimum absolute atomic E-state index is 0.274. The number of rotatable bonds is 9. The fourth-order valence-electron chi connectivity index (χ4n) is 2.78. The van der Waals surface area contributed by atoms with Gasteiger partial charge in [-0.05, 0) is 41.0 Å². The van der Waals surface area contributed by atoms with Gasteiger partial charge in [-0.2, -0.15) is 0 Å². The highest BCUT2D eigenvalue weighted by Crippen LogP contribution is 2.29. The van der Waals surface area contributed by atoms with Crippen LogP contribution in [0.15, 0.2) is 104 Å². The SMILES string of the molecule is C=CC(=O)O/C=C\Oc1ccc(-c2ccc(-c3ccc(O/C=C\OC)cc3)cc2)c(F)c1. The number of esters is 1. The van der Waals surface area contributed by atoms with Gasteiger partial charge in [0.25, 0.3) is 0 Å². The third-order valence-electron chi connectivity index (χ3n) is 4.33. The van der Waals surface area contributed by atoms with Crippen LogP contribution in [0.25, 0.3) is 22.3 Å². The molecule has 0 radical (unpaired) electrons. The van der Waals surface area contributed by atoms with E-state index in [4.69, 9.17) is 14.2 Å². The van der Waals surface area contributed by atoms with E-state index in [1.54, 1.807) is 19.2 Å². The summed E-state index contributed by atoms with van der Waals surface area (Å²) >= 11 is 0. The number of ether oxygens (including phenoxy) is 4. The molecular weight excluding hydrogens is 411 g/mol. The van der Waals surface area contributed by atoms with Crippen LogP contribution >= 0.6 is 0 Å². The van der Waals surface area contributed by atoms with Gasteiger partial charge in [0.15, 0.2) is 0 Å². The topological polar surface area (TPSA) is 54.0 Å². The summed E-state index contributed by atoms with van der Waals surface area (Å²) in [6.45, 7) is 3.28. The molecular formula is C26H21FO5. The van der Waals surface area contributed by atoms with Crippen LogP contribution in [0.4, 0.5) is 4.39 Å². The molecule has 3 aromatic carbocycles. The normalized spacial score (nSPS) is 10.8. The monoisotopic (exact) mass is 432 g/mol. The molecule has 6 heteroatoms. The van der Waals surface area contributed by atoms with Crippen molar-refractivity contribution in [3.63, 3.8) is 0 Å². The van der Waals surface area contributed by atoms with E-state index in [1.165, 1.54) is 18.6 Å². The quantitative estimate of drug-likeness (QED) is 0.228. The number of hydrogen-bond acceptors (Lipinski definition) is 5. The number of halogens is 1. The number of methoxy groups -OCH3 is 1.